The van der Waals surface area contributed by atoms with E-state index in [0.29, 0.717) is 19.4 Å². The largest absolute Gasteiger partial charge is 0.462 e. The van der Waals surface area contributed by atoms with E-state index in [4.69, 9.17) is 14.2 Å². The number of carbonyl (C=O) groups excluding carboxylic acids is 2. The van der Waals surface area contributed by atoms with Gasteiger partial charge in [-0.15, -0.1) is 0 Å². The molecule has 382 valence electrons. The summed E-state index contributed by atoms with van der Waals surface area (Å²) in [6, 6.07) is 0. The van der Waals surface area contributed by atoms with Crippen molar-refractivity contribution in [2.75, 3.05) is 19.8 Å². The van der Waals surface area contributed by atoms with Crippen LogP contribution in [0.5, 0.6) is 0 Å². The number of hydrogen-bond acceptors (Lipinski definition) is 5. The van der Waals surface area contributed by atoms with Crippen LogP contribution in [0.2, 0.25) is 0 Å². The zero-order valence-corrected chi connectivity index (χ0v) is 44.0. The Morgan fingerprint density at radius 2 is 0.697 bits per heavy atom. The summed E-state index contributed by atoms with van der Waals surface area (Å²) in [6.45, 7) is 7.68. The molecule has 1 unspecified atom stereocenters. The number of esters is 2. The first-order valence-corrected chi connectivity index (χ1v) is 28.5. The van der Waals surface area contributed by atoms with Gasteiger partial charge in [0.1, 0.15) is 6.61 Å². The van der Waals surface area contributed by atoms with E-state index in [-0.39, 0.29) is 25.2 Å². The average molecular weight is 922 g/mol. The summed E-state index contributed by atoms with van der Waals surface area (Å²) in [5, 5.41) is 0. The summed E-state index contributed by atoms with van der Waals surface area (Å²) in [5.41, 5.74) is 0. The highest BCUT2D eigenvalue weighted by Gasteiger charge is 2.17. The lowest BCUT2D eigenvalue weighted by Gasteiger charge is -2.18. The summed E-state index contributed by atoms with van der Waals surface area (Å²) in [7, 11) is 0. The van der Waals surface area contributed by atoms with Crippen molar-refractivity contribution in [3.05, 3.63) is 72.9 Å². The van der Waals surface area contributed by atoms with E-state index < -0.39 is 6.10 Å². The molecule has 0 aliphatic heterocycles. The summed E-state index contributed by atoms with van der Waals surface area (Å²) in [5.74, 6) is -0.456. The van der Waals surface area contributed by atoms with E-state index in [1.807, 2.05) is 0 Å². The molecule has 0 heterocycles. The summed E-state index contributed by atoms with van der Waals surface area (Å²) in [6.07, 6.45) is 73.5. The van der Waals surface area contributed by atoms with Gasteiger partial charge in [0.15, 0.2) is 6.10 Å². The minimum atomic E-state index is -0.561. The van der Waals surface area contributed by atoms with Crippen LogP contribution in [0.15, 0.2) is 72.9 Å². The van der Waals surface area contributed by atoms with Crippen LogP contribution in [0.1, 0.15) is 278 Å². The number of hydrogen-bond donors (Lipinski definition) is 0. The Labute approximate surface area is 410 Å². The Morgan fingerprint density at radius 1 is 0.348 bits per heavy atom. The fourth-order valence-electron chi connectivity index (χ4n) is 8.01. The van der Waals surface area contributed by atoms with Crippen molar-refractivity contribution in [3.8, 4) is 0 Å². The lowest BCUT2D eigenvalue weighted by atomic mass is 10.0. The fraction of sp³-hybridized carbons (Fsp3) is 0.770. The molecule has 0 bridgehead atoms. The third-order valence-electron chi connectivity index (χ3n) is 12.2. The highest BCUT2D eigenvalue weighted by molar-refractivity contribution is 5.70. The first-order valence-electron chi connectivity index (χ1n) is 28.5. The molecule has 0 fully saturated rings. The Hall–Kier alpha value is -2.66. The van der Waals surface area contributed by atoms with Gasteiger partial charge in [-0.05, 0) is 83.5 Å². The zero-order chi connectivity index (χ0) is 47.7. The van der Waals surface area contributed by atoms with Crippen LogP contribution in [0.4, 0.5) is 0 Å². The minimum absolute atomic E-state index is 0.0556. The van der Waals surface area contributed by atoms with Gasteiger partial charge in [-0.3, -0.25) is 9.59 Å². The van der Waals surface area contributed by atoms with Crippen LogP contribution in [0.3, 0.4) is 0 Å². The van der Waals surface area contributed by atoms with Gasteiger partial charge in [0, 0.05) is 19.4 Å². The highest BCUT2D eigenvalue weighted by Crippen LogP contribution is 2.15. The van der Waals surface area contributed by atoms with Gasteiger partial charge in [0.2, 0.25) is 0 Å². The van der Waals surface area contributed by atoms with Gasteiger partial charge >= 0.3 is 11.9 Å². The SMILES string of the molecule is CC/C=C\C/C=C\C/C=C\C/C=C\C/C=C\CCCC(=O)OCC(COCCCCCCCCCC/C=C\CCCCCCCC)OC(=O)CCCCCCCCCCCCCCCCC. The van der Waals surface area contributed by atoms with Crippen molar-refractivity contribution in [2.24, 2.45) is 0 Å². The van der Waals surface area contributed by atoms with E-state index in [2.05, 4.69) is 93.7 Å². The first kappa shape index (κ1) is 63.3. The molecular weight excluding hydrogens is 813 g/mol. The molecular formula is C61H108O5. The van der Waals surface area contributed by atoms with Crippen molar-refractivity contribution in [2.45, 2.75) is 284 Å². The molecule has 66 heavy (non-hydrogen) atoms. The molecule has 0 amide bonds. The van der Waals surface area contributed by atoms with Crippen LogP contribution in [-0.2, 0) is 23.8 Å². The third kappa shape index (κ3) is 54.0. The molecule has 0 aromatic carbocycles. The molecule has 0 aliphatic carbocycles. The maximum atomic E-state index is 12.8. The Balaban J connectivity index is 4.34. The van der Waals surface area contributed by atoms with E-state index in [0.717, 1.165) is 70.6 Å². The lowest BCUT2D eigenvalue weighted by Crippen LogP contribution is -2.30. The second-order valence-corrected chi connectivity index (χ2v) is 18.8. The van der Waals surface area contributed by atoms with Gasteiger partial charge in [-0.2, -0.15) is 0 Å². The molecule has 1 atom stereocenters. The van der Waals surface area contributed by atoms with Gasteiger partial charge in [0.05, 0.1) is 6.61 Å². The average Bonchev–Trinajstić information content (AvgIpc) is 3.32. The highest BCUT2D eigenvalue weighted by atomic mass is 16.6. The van der Waals surface area contributed by atoms with Crippen LogP contribution in [0.25, 0.3) is 0 Å². The van der Waals surface area contributed by atoms with Crippen molar-refractivity contribution in [1.82, 2.24) is 0 Å². The third-order valence-corrected chi connectivity index (χ3v) is 12.2. The van der Waals surface area contributed by atoms with Crippen LogP contribution in [-0.4, -0.2) is 37.9 Å². The predicted molar refractivity (Wildman–Crippen MR) is 288 cm³/mol. The number of carbonyl (C=O) groups is 2. The zero-order valence-electron chi connectivity index (χ0n) is 44.0. The second-order valence-electron chi connectivity index (χ2n) is 18.8. The summed E-state index contributed by atoms with van der Waals surface area (Å²) in [4.78, 5) is 25.5. The smallest absolute Gasteiger partial charge is 0.306 e. The normalized spacial score (nSPS) is 12.7. The number of rotatable bonds is 52. The van der Waals surface area contributed by atoms with Crippen molar-refractivity contribution >= 4 is 11.9 Å². The predicted octanol–water partition coefficient (Wildman–Crippen LogP) is 19.5. The van der Waals surface area contributed by atoms with Gasteiger partial charge in [-0.25, -0.2) is 0 Å². The molecule has 0 radical (unpaired) electrons. The van der Waals surface area contributed by atoms with Crippen LogP contribution < -0.4 is 0 Å². The maximum Gasteiger partial charge on any atom is 0.306 e. The molecule has 5 nitrogen and oxygen atoms in total. The number of ether oxygens (including phenoxy) is 3. The quantitative estimate of drug-likeness (QED) is 0.0346. The molecule has 0 spiro atoms. The molecule has 0 N–H and O–H groups in total. The Morgan fingerprint density at radius 3 is 1.15 bits per heavy atom. The molecule has 0 aliphatic rings. The maximum absolute atomic E-state index is 12.8. The first-order chi connectivity index (χ1) is 32.6. The monoisotopic (exact) mass is 921 g/mol. The Kier molecular flexibility index (Phi) is 54.4. The van der Waals surface area contributed by atoms with Crippen LogP contribution >= 0.6 is 0 Å². The minimum Gasteiger partial charge on any atom is -0.462 e. The molecule has 0 saturated heterocycles. The lowest BCUT2D eigenvalue weighted by molar-refractivity contribution is -0.163. The van der Waals surface area contributed by atoms with E-state index >= 15 is 0 Å². The number of unbranched alkanes of at least 4 members (excludes halogenated alkanes) is 29. The summed E-state index contributed by atoms with van der Waals surface area (Å²) >= 11 is 0. The van der Waals surface area contributed by atoms with Gasteiger partial charge in [-0.1, -0.05) is 254 Å². The van der Waals surface area contributed by atoms with Crippen molar-refractivity contribution in [1.29, 1.82) is 0 Å². The molecule has 0 rings (SSSR count). The Bertz CT molecular complexity index is 1180. The molecule has 0 aromatic rings. The van der Waals surface area contributed by atoms with E-state index in [1.54, 1.807) is 0 Å². The number of allylic oxidation sites excluding steroid dienone is 12. The molecule has 0 aromatic heterocycles. The standard InChI is InChI=1S/C61H108O5/c1-4-7-10-13-16-19-22-25-28-30-32-35-38-41-44-47-50-53-56-64-57-59(66-61(63)55-52-49-46-43-40-37-33-27-24-21-18-15-12-9-6-3)58-65-60(62)54-51-48-45-42-39-36-34-31-29-26-23-20-17-14-11-8-5-2/h8,11,17,20,25-26,28-29,34,36,42,45,59H,4-7,9-10,12-16,18-19,21-24,27,30-33,35,37-41,43-44,46-58H2,1-3H3/b11-8-,20-17-,28-25-,29-26-,36-34-,45-42-. The summed E-state index contributed by atoms with van der Waals surface area (Å²) < 4.78 is 17.4. The van der Waals surface area contributed by atoms with Crippen molar-refractivity contribution < 1.29 is 23.8 Å². The molecule has 0 saturated carbocycles. The van der Waals surface area contributed by atoms with E-state index in [1.165, 1.54) is 173 Å². The second kappa shape index (κ2) is 56.7. The topological polar surface area (TPSA) is 61.8 Å². The fourth-order valence-corrected chi connectivity index (χ4v) is 8.01. The van der Waals surface area contributed by atoms with Gasteiger partial charge < -0.3 is 14.2 Å². The van der Waals surface area contributed by atoms with E-state index in [9.17, 15) is 9.59 Å². The van der Waals surface area contributed by atoms with Crippen LogP contribution in [0, 0.1) is 0 Å². The van der Waals surface area contributed by atoms with Crippen molar-refractivity contribution in [3.63, 3.8) is 0 Å². The molecule has 5 heteroatoms. The van der Waals surface area contributed by atoms with Gasteiger partial charge in [0.25, 0.3) is 0 Å².